The minimum absolute atomic E-state index is 0.124. The minimum atomic E-state index is -0.476. The lowest BCUT2D eigenvalue weighted by atomic mass is 9.83. The van der Waals surface area contributed by atoms with Gasteiger partial charge in [0.25, 0.3) is 0 Å². The van der Waals surface area contributed by atoms with E-state index in [-0.39, 0.29) is 39.3 Å². The summed E-state index contributed by atoms with van der Waals surface area (Å²) < 4.78 is 48.6. The van der Waals surface area contributed by atoms with Gasteiger partial charge in [0.1, 0.15) is 24.7 Å². The van der Waals surface area contributed by atoms with Crippen molar-refractivity contribution in [2.24, 2.45) is 12.8 Å². The highest BCUT2D eigenvalue weighted by Crippen LogP contribution is 2.55. The van der Waals surface area contributed by atoms with E-state index in [0.717, 1.165) is 165 Å². The van der Waals surface area contributed by atoms with Crippen LogP contribution in [-0.4, -0.2) is 96.5 Å². The van der Waals surface area contributed by atoms with E-state index in [9.17, 15) is 25.5 Å². The first-order valence-corrected chi connectivity index (χ1v) is 39.8. The number of aliphatic hydroxyl groups excluding tert-OH is 5. The smallest absolute Gasteiger partial charge is 0.223 e. The standard InChI is InChI=1S/C35H33NO5.C34H32N2O4.C34H30NO4/c1-36-34-28(25-15-14-24(19-37)30(20-38)33(25)35(36)41-4)16-26(27-17-31(39-2)32(40-3)18-29(27)34)23-12-10-22(11-13-23)21-8-6-5-7-9-21;1-36-31-26(24-15-14-23(19-37)32(39-3)30(24)34(36)35)17-16-25-27(31)18-28(38-2)33(40-4)29(25)22-12-10-21(11-13-22)20-8-6-5-7-9-20;1-35-18-30-25(14-13-24(19-36)31(30)20-37)28-15-26(23-11-9-22(10-12-23)21-7-5-4-6-8-21)27-16-32(38-2)33(39-3)17-29(27)34(28)35/h5-18,35,37-38H,19-20H2,1-4H3;5-18,34,37H,19,35H2,1-4H3;4-18,36-37H,19-20H2,1-3H3/q;;+1/p+1. The van der Waals surface area contributed by atoms with Crippen LogP contribution in [0.3, 0.4) is 0 Å². The van der Waals surface area contributed by atoms with Crippen LogP contribution < -0.4 is 53.3 Å². The molecule has 0 saturated carbocycles. The van der Waals surface area contributed by atoms with E-state index in [1.54, 1.807) is 56.9 Å². The van der Waals surface area contributed by atoms with Gasteiger partial charge in [0.05, 0.1) is 117 Å². The van der Waals surface area contributed by atoms with Crippen LogP contribution in [0.2, 0.25) is 0 Å². The largest absolute Gasteiger partial charge is 0.496 e. The fourth-order valence-corrected chi connectivity index (χ4v) is 18.0. The molecule has 0 radical (unpaired) electrons. The molecule has 17 nitrogen and oxygen atoms in total. The minimum Gasteiger partial charge on any atom is -0.496 e. The van der Waals surface area contributed by atoms with Crippen molar-refractivity contribution >= 4 is 65.4 Å². The van der Waals surface area contributed by atoms with Crippen LogP contribution in [0.4, 0.5) is 11.4 Å². The fraction of sp³-hybridized carbons (Fsp3) is 0.175. The molecule has 0 spiro atoms. The number of quaternary nitrogens is 1. The predicted octanol–water partition coefficient (Wildman–Crippen LogP) is 18.7. The number of nitrogens with two attached hydrogens (primary N) is 1. The summed E-state index contributed by atoms with van der Waals surface area (Å²) in [7, 11) is 19.3. The molecule has 3 atom stereocenters. The number of hydrogen-bond donors (Lipinski definition) is 7. The normalized spacial score (nSPS) is 13.8. The Morgan fingerprint density at radius 1 is 0.342 bits per heavy atom. The Morgan fingerprint density at radius 2 is 0.750 bits per heavy atom. The van der Waals surface area contributed by atoms with Crippen LogP contribution >= 0.6 is 0 Å². The van der Waals surface area contributed by atoms with E-state index < -0.39 is 6.17 Å². The molecule has 2 aliphatic heterocycles. The van der Waals surface area contributed by atoms with Gasteiger partial charge in [-0.1, -0.05) is 212 Å². The molecule has 15 aromatic carbocycles. The highest BCUT2D eigenvalue weighted by molar-refractivity contribution is 6.19. The summed E-state index contributed by atoms with van der Waals surface area (Å²) >= 11 is 0. The summed E-state index contributed by atoms with van der Waals surface area (Å²) in [5.41, 5.74) is 32.6. The van der Waals surface area contributed by atoms with E-state index in [2.05, 4.69) is 150 Å². The van der Waals surface area contributed by atoms with Crippen LogP contribution in [0.5, 0.6) is 40.2 Å². The van der Waals surface area contributed by atoms with Gasteiger partial charge < -0.3 is 74.1 Å². The molecule has 0 fully saturated rings. The molecule has 0 amide bonds. The van der Waals surface area contributed by atoms with Gasteiger partial charge in [-0.25, -0.2) is 0 Å². The Kier molecular flexibility index (Phi) is 23.1. The van der Waals surface area contributed by atoms with Gasteiger partial charge >= 0.3 is 0 Å². The highest BCUT2D eigenvalue weighted by atomic mass is 16.5. The average Bonchev–Trinajstić information content (AvgIpc) is 0.733. The number of pyridine rings is 1. The molecule has 1 aromatic heterocycles. The van der Waals surface area contributed by atoms with E-state index in [0.29, 0.717) is 56.9 Å². The molecule has 17 heteroatoms. The number of hydrogen-bond acceptors (Lipinski definition) is 15. The van der Waals surface area contributed by atoms with Crippen LogP contribution in [0.25, 0.3) is 143 Å². The van der Waals surface area contributed by atoms with E-state index in [1.165, 1.54) is 16.7 Å². The second-order valence-corrected chi connectivity index (χ2v) is 30.0. The van der Waals surface area contributed by atoms with Gasteiger partial charge in [0, 0.05) is 63.5 Å². The van der Waals surface area contributed by atoms with Crippen molar-refractivity contribution in [3.05, 3.63) is 300 Å². The quantitative estimate of drug-likeness (QED) is 0.0296. The van der Waals surface area contributed by atoms with Gasteiger partial charge in [-0.05, 0) is 148 Å². The molecule has 0 aliphatic carbocycles. The van der Waals surface area contributed by atoms with Crippen molar-refractivity contribution in [3.8, 4) is 129 Å². The number of aromatic nitrogens is 1. The number of fused-ring (bicyclic) bond motifs is 15. The monoisotopic (exact) mass is 1600 g/mol. The summed E-state index contributed by atoms with van der Waals surface area (Å²) in [5, 5.41) is 59.6. The average molecular weight is 1600 g/mol. The molecule has 120 heavy (non-hydrogen) atoms. The maximum atomic E-state index is 10.4. The second kappa shape index (κ2) is 34.4. The number of rotatable bonds is 19. The van der Waals surface area contributed by atoms with Crippen LogP contribution in [0.15, 0.2) is 261 Å². The molecule has 3 heterocycles. The van der Waals surface area contributed by atoms with Gasteiger partial charge in [0.15, 0.2) is 40.7 Å². The summed E-state index contributed by atoms with van der Waals surface area (Å²) in [5.74, 6) is 4.59. The molecule has 2 aliphatic rings. The van der Waals surface area contributed by atoms with Crippen molar-refractivity contribution < 1.29 is 72.9 Å². The number of nitrogens with one attached hydrogen (secondary N) is 1. The lowest BCUT2D eigenvalue weighted by Gasteiger charge is -2.37. The third-order valence-electron chi connectivity index (χ3n) is 23.9. The Labute approximate surface area is 697 Å². The molecule has 0 bridgehead atoms. The zero-order valence-corrected chi connectivity index (χ0v) is 69.0. The second-order valence-electron chi connectivity index (χ2n) is 30.0. The first-order valence-electron chi connectivity index (χ1n) is 39.8. The van der Waals surface area contributed by atoms with E-state index >= 15 is 0 Å². The van der Waals surface area contributed by atoms with Crippen LogP contribution in [0.1, 0.15) is 51.3 Å². The number of methoxy groups -OCH3 is 8. The maximum Gasteiger partial charge on any atom is 0.223 e. The number of aryl methyl sites for hydroxylation is 1. The van der Waals surface area contributed by atoms with Gasteiger partial charge in [0.2, 0.25) is 11.7 Å². The topological polar surface area (TPSA) is 213 Å². The Balaban J connectivity index is 0.000000134. The van der Waals surface area contributed by atoms with Crippen LogP contribution in [0, 0.1) is 0 Å². The Hall–Kier alpha value is -13.2. The molecule has 16 aromatic rings. The van der Waals surface area contributed by atoms with Crippen molar-refractivity contribution in [1.82, 2.24) is 0 Å². The molecule has 0 saturated heterocycles. The highest BCUT2D eigenvalue weighted by Gasteiger charge is 2.40. The number of benzene rings is 15. The molecule has 8 N–H and O–H groups in total. The van der Waals surface area contributed by atoms with Gasteiger partial charge in [-0.15, -0.1) is 0 Å². The van der Waals surface area contributed by atoms with Crippen molar-refractivity contribution in [2.45, 2.75) is 45.4 Å². The number of ether oxygens (including phenoxy) is 8. The number of anilines is 1. The Bertz CT molecular complexity index is 6550. The van der Waals surface area contributed by atoms with Crippen molar-refractivity contribution in [2.75, 3.05) is 75.9 Å². The molecular weight excluding hydrogens is 1500 g/mol. The maximum absolute atomic E-state index is 10.4. The summed E-state index contributed by atoms with van der Waals surface area (Å²) in [6, 6.07) is 87.5. The lowest BCUT2D eigenvalue weighted by Crippen LogP contribution is -3.05. The van der Waals surface area contributed by atoms with Gasteiger partial charge in [-0.2, -0.15) is 4.57 Å². The summed E-state index contributed by atoms with van der Waals surface area (Å²) in [4.78, 5) is 3.10. The molecule has 18 rings (SSSR count). The molecule has 604 valence electrons. The lowest BCUT2D eigenvalue weighted by molar-refractivity contribution is -0.874. The summed E-state index contributed by atoms with van der Waals surface area (Å²) in [6.45, 7) is -0.736. The molecular formula is C103H96N4O13+2. The SMILES string of the molecule is COc1cc2c(-c3ccc(-c4ccccc4)cc3)cc3c(c2cc1OC)[NH+](C)C(OC)c1c-3ccc(CO)c1CO.COc1cc2c(-c3ccc(-c4ccccc4)cc3)cc3c4ccc(CO)c(CO)c4c[n+](C)c3c2cc1OC.COc1cc2c3c(ccc2c(-c2ccc(-c4ccccc4)cc2)c1OC)-c1ccc(CO)c(OC)c1C(N)N3C. The van der Waals surface area contributed by atoms with Crippen molar-refractivity contribution in [3.63, 3.8) is 0 Å². The third-order valence-corrected chi connectivity index (χ3v) is 23.9. The van der Waals surface area contributed by atoms with Crippen LogP contribution in [-0.2, 0) is 44.8 Å². The first kappa shape index (κ1) is 80.6. The Morgan fingerprint density at radius 3 is 1.24 bits per heavy atom. The van der Waals surface area contributed by atoms with Gasteiger partial charge in [-0.3, -0.25) is 4.90 Å². The van der Waals surface area contributed by atoms with Crippen molar-refractivity contribution in [1.29, 1.82) is 0 Å². The van der Waals surface area contributed by atoms with E-state index in [4.69, 9.17) is 43.6 Å². The third kappa shape index (κ3) is 14.1. The van der Waals surface area contributed by atoms with E-state index in [1.807, 2.05) is 142 Å². The zero-order chi connectivity index (χ0) is 83.7. The zero-order valence-electron chi connectivity index (χ0n) is 69.0. The predicted molar refractivity (Wildman–Crippen MR) is 479 cm³/mol. The summed E-state index contributed by atoms with van der Waals surface area (Å²) in [6.07, 6.45) is 1.18. The number of aliphatic hydroxyl groups is 5. The first-order chi connectivity index (χ1) is 58.6. The number of nitrogens with zero attached hydrogens (tertiary/aromatic N) is 2. The fourth-order valence-electron chi connectivity index (χ4n) is 18.0. The molecule has 3 unspecified atom stereocenters.